The molecule has 2 N–H and O–H groups in total. The Bertz CT molecular complexity index is 1270. The van der Waals surface area contributed by atoms with E-state index in [1.165, 1.54) is 10.9 Å². The van der Waals surface area contributed by atoms with Gasteiger partial charge >= 0.3 is 0 Å². The number of benzene rings is 2. The molecule has 1 unspecified atom stereocenters. The molecular formula is C22H20N6. The van der Waals surface area contributed by atoms with E-state index in [1.54, 1.807) is 12.4 Å². The number of aryl methyl sites for hydroxylation is 1. The first-order chi connectivity index (χ1) is 13.7. The maximum absolute atomic E-state index is 4.61. The van der Waals surface area contributed by atoms with Crippen molar-refractivity contribution in [1.82, 2.24) is 24.7 Å². The number of anilines is 1. The Morgan fingerprint density at radius 2 is 1.96 bits per heavy atom. The fourth-order valence-electron chi connectivity index (χ4n) is 3.64. The second-order valence-corrected chi connectivity index (χ2v) is 7.05. The van der Waals surface area contributed by atoms with Gasteiger partial charge in [0.05, 0.1) is 23.3 Å². The predicted octanol–water partition coefficient (Wildman–Crippen LogP) is 4.68. The zero-order valence-electron chi connectivity index (χ0n) is 15.7. The van der Waals surface area contributed by atoms with Crippen LogP contribution in [0.1, 0.15) is 18.5 Å². The van der Waals surface area contributed by atoms with E-state index in [4.69, 9.17) is 0 Å². The number of aromatic nitrogens is 5. The van der Waals surface area contributed by atoms with Crippen molar-refractivity contribution in [2.24, 2.45) is 7.05 Å². The van der Waals surface area contributed by atoms with Gasteiger partial charge in [0.15, 0.2) is 0 Å². The highest BCUT2D eigenvalue weighted by molar-refractivity contribution is 5.97. The molecule has 138 valence electrons. The van der Waals surface area contributed by atoms with Crippen LogP contribution in [0.2, 0.25) is 0 Å². The second kappa shape index (κ2) is 6.49. The number of hydrogen-bond acceptors (Lipinski definition) is 4. The Morgan fingerprint density at radius 3 is 2.82 bits per heavy atom. The second-order valence-electron chi connectivity index (χ2n) is 7.05. The van der Waals surface area contributed by atoms with Crippen molar-refractivity contribution in [3.8, 4) is 11.1 Å². The Kier molecular flexibility index (Phi) is 3.83. The summed E-state index contributed by atoms with van der Waals surface area (Å²) in [6.45, 7) is 2.11. The predicted molar refractivity (Wildman–Crippen MR) is 112 cm³/mol. The molecule has 28 heavy (non-hydrogen) atoms. The van der Waals surface area contributed by atoms with Crippen molar-refractivity contribution in [2.45, 2.75) is 13.0 Å². The van der Waals surface area contributed by atoms with Crippen LogP contribution in [-0.4, -0.2) is 24.7 Å². The maximum atomic E-state index is 4.61. The summed E-state index contributed by atoms with van der Waals surface area (Å²) in [4.78, 5) is 9.15. The molecule has 6 nitrogen and oxygen atoms in total. The topological polar surface area (TPSA) is 71.4 Å². The summed E-state index contributed by atoms with van der Waals surface area (Å²) in [7, 11) is 2.06. The molecule has 5 rings (SSSR count). The fourth-order valence-corrected chi connectivity index (χ4v) is 3.64. The molecular weight excluding hydrogens is 348 g/mol. The number of rotatable bonds is 4. The first-order valence-electron chi connectivity index (χ1n) is 9.24. The van der Waals surface area contributed by atoms with Crippen molar-refractivity contribution in [3.05, 3.63) is 72.9 Å². The first kappa shape index (κ1) is 16.5. The summed E-state index contributed by atoms with van der Waals surface area (Å²) in [5.74, 6) is 0. The summed E-state index contributed by atoms with van der Waals surface area (Å²) in [5.41, 5.74) is 7.26. The van der Waals surface area contributed by atoms with E-state index in [0.29, 0.717) is 0 Å². The lowest BCUT2D eigenvalue weighted by Crippen LogP contribution is -2.06. The van der Waals surface area contributed by atoms with Gasteiger partial charge in [-0.05, 0) is 42.1 Å². The number of fused-ring (bicyclic) bond motifs is 2. The molecule has 0 saturated carbocycles. The van der Waals surface area contributed by atoms with Crippen LogP contribution in [0, 0.1) is 0 Å². The van der Waals surface area contributed by atoms with Crippen LogP contribution in [0.3, 0.4) is 0 Å². The molecule has 0 aliphatic rings. The monoisotopic (exact) mass is 368 g/mol. The van der Waals surface area contributed by atoms with Crippen molar-refractivity contribution in [2.75, 3.05) is 5.32 Å². The van der Waals surface area contributed by atoms with Crippen molar-refractivity contribution in [1.29, 1.82) is 0 Å². The van der Waals surface area contributed by atoms with Crippen molar-refractivity contribution < 1.29 is 0 Å². The molecule has 0 aliphatic heterocycles. The molecule has 0 amide bonds. The highest BCUT2D eigenvalue weighted by atomic mass is 15.1. The fraction of sp³-hybridized carbons (Fsp3) is 0.136. The van der Waals surface area contributed by atoms with Gasteiger partial charge in [-0.25, -0.2) is 0 Å². The number of aromatic amines is 1. The van der Waals surface area contributed by atoms with Gasteiger partial charge in [-0.2, -0.15) is 5.10 Å². The van der Waals surface area contributed by atoms with E-state index in [2.05, 4.69) is 80.5 Å². The molecule has 5 aromatic rings. The van der Waals surface area contributed by atoms with Crippen LogP contribution < -0.4 is 5.32 Å². The molecule has 3 heterocycles. The summed E-state index contributed by atoms with van der Waals surface area (Å²) in [6, 6.07) is 13.0. The van der Waals surface area contributed by atoms with Gasteiger partial charge in [-0.15, -0.1) is 0 Å². The van der Waals surface area contributed by atoms with E-state index in [1.807, 2.05) is 18.5 Å². The van der Waals surface area contributed by atoms with E-state index >= 15 is 0 Å². The summed E-state index contributed by atoms with van der Waals surface area (Å²) in [5, 5.41) is 11.7. The molecule has 0 aliphatic carbocycles. The van der Waals surface area contributed by atoms with Gasteiger partial charge in [0.1, 0.15) is 0 Å². The average molecular weight is 368 g/mol. The number of hydrogen-bond donors (Lipinski definition) is 2. The van der Waals surface area contributed by atoms with E-state index in [-0.39, 0.29) is 6.04 Å². The molecule has 0 spiro atoms. The Morgan fingerprint density at radius 1 is 1.07 bits per heavy atom. The number of nitrogens with zero attached hydrogens (tertiary/aromatic N) is 4. The molecule has 0 fully saturated rings. The molecule has 1 atom stereocenters. The van der Waals surface area contributed by atoms with Crippen LogP contribution >= 0.6 is 0 Å². The Balaban J connectivity index is 1.64. The van der Waals surface area contributed by atoms with Crippen LogP contribution in [-0.2, 0) is 7.05 Å². The third kappa shape index (κ3) is 2.79. The summed E-state index contributed by atoms with van der Waals surface area (Å²) in [6.07, 6.45) is 9.30. The van der Waals surface area contributed by atoms with Crippen molar-refractivity contribution >= 4 is 27.6 Å². The third-order valence-corrected chi connectivity index (χ3v) is 5.18. The molecule has 2 aromatic carbocycles. The quantitative estimate of drug-likeness (QED) is 0.483. The van der Waals surface area contributed by atoms with E-state index < -0.39 is 0 Å². The smallest absolute Gasteiger partial charge is 0.0966 e. The lowest BCUT2D eigenvalue weighted by Gasteiger charge is -2.16. The molecule has 3 aromatic heterocycles. The molecule has 0 saturated heterocycles. The van der Waals surface area contributed by atoms with Gasteiger partial charge in [-0.3, -0.25) is 15.1 Å². The third-order valence-electron chi connectivity index (χ3n) is 5.18. The van der Waals surface area contributed by atoms with Gasteiger partial charge in [-0.1, -0.05) is 12.1 Å². The minimum absolute atomic E-state index is 0.121. The Hall–Kier alpha value is -3.67. The highest BCUT2D eigenvalue weighted by Crippen LogP contribution is 2.33. The van der Waals surface area contributed by atoms with Gasteiger partial charge in [0.2, 0.25) is 0 Å². The molecule has 0 radical (unpaired) electrons. The van der Waals surface area contributed by atoms with Crippen LogP contribution in [0.5, 0.6) is 0 Å². The number of H-pyrrole nitrogens is 1. The number of nitrogens with one attached hydrogen (secondary N) is 2. The van der Waals surface area contributed by atoms with E-state index in [0.717, 1.165) is 33.4 Å². The minimum atomic E-state index is 0.121. The molecule has 0 bridgehead atoms. The standard InChI is InChI=1S/C22H20N6/c1-14(17-12-25-26-13-17)27-18-10-19(22-20(11-18)23-6-7-24-22)16-4-3-15-5-8-28(2)21(15)9-16/h3-14,27H,1-2H3,(H,25,26). The Labute approximate surface area is 162 Å². The maximum Gasteiger partial charge on any atom is 0.0966 e. The SMILES string of the molecule is CC(Nc1cc(-c2ccc3ccn(C)c3c2)c2nccnc2c1)c1cn[nH]c1. The zero-order chi connectivity index (χ0) is 19.1. The normalized spacial score (nSPS) is 12.5. The summed E-state index contributed by atoms with van der Waals surface area (Å²) < 4.78 is 2.13. The molecule has 6 heteroatoms. The van der Waals surface area contributed by atoms with Crippen molar-refractivity contribution in [3.63, 3.8) is 0 Å². The van der Waals surface area contributed by atoms with Gasteiger partial charge in [0.25, 0.3) is 0 Å². The minimum Gasteiger partial charge on any atom is -0.378 e. The van der Waals surface area contributed by atoms with E-state index in [9.17, 15) is 0 Å². The zero-order valence-corrected chi connectivity index (χ0v) is 15.7. The summed E-state index contributed by atoms with van der Waals surface area (Å²) >= 11 is 0. The largest absolute Gasteiger partial charge is 0.378 e. The average Bonchev–Trinajstić information content (AvgIpc) is 3.38. The van der Waals surface area contributed by atoms with Gasteiger partial charge in [0, 0.05) is 54.2 Å². The first-order valence-corrected chi connectivity index (χ1v) is 9.24. The van der Waals surface area contributed by atoms with Crippen LogP contribution in [0.15, 0.2) is 67.4 Å². The van der Waals surface area contributed by atoms with Gasteiger partial charge < -0.3 is 9.88 Å². The van der Waals surface area contributed by atoms with Crippen LogP contribution in [0.25, 0.3) is 33.1 Å². The van der Waals surface area contributed by atoms with Crippen LogP contribution in [0.4, 0.5) is 5.69 Å². The highest BCUT2D eigenvalue weighted by Gasteiger charge is 2.12. The lowest BCUT2D eigenvalue weighted by molar-refractivity contribution is 0.886. The lowest BCUT2D eigenvalue weighted by atomic mass is 10.0.